The molecule has 7 nitrogen and oxygen atoms in total. The summed E-state index contributed by atoms with van der Waals surface area (Å²) < 4.78 is 46.9. The van der Waals surface area contributed by atoms with Crippen LogP contribution in [0.5, 0.6) is 0 Å². The van der Waals surface area contributed by atoms with Gasteiger partial charge in [0.25, 0.3) is 10.1 Å². The third-order valence-corrected chi connectivity index (χ3v) is 5.62. The predicted molar refractivity (Wildman–Crippen MR) is 106 cm³/mol. The summed E-state index contributed by atoms with van der Waals surface area (Å²) in [7, 11) is -3.63. The van der Waals surface area contributed by atoms with E-state index in [0.29, 0.717) is 24.5 Å². The van der Waals surface area contributed by atoms with Crippen molar-refractivity contribution in [2.75, 3.05) is 35.8 Å². The number of benzene rings is 2. The Balaban J connectivity index is 1.47. The molecule has 2 aliphatic heterocycles. The molecule has 0 N–H and O–H groups in total. The van der Waals surface area contributed by atoms with Crippen LogP contribution in [0.1, 0.15) is 11.1 Å². The highest BCUT2D eigenvalue weighted by molar-refractivity contribution is 7.85. The van der Waals surface area contributed by atoms with Crippen molar-refractivity contribution >= 4 is 27.6 Å². The van der Waals surface area contributed by atoms with Crippen LogP contribution in [0.25, 0.3) is 0 Å². The van der Waals surface area contributed by atoms with E-state index in [9.17, 15) is 17.6 Å². The van der Waals surface area contributed by atoms with E-state index in [0.717, 1.165) is 12.7 Å². The third kappa shape index (κ3) is 4.35. The van der Waals surface area contributed by atoms with Crippen molar-refractivity contribution in [2.24, 2.45) is 0 Å². The van der Waals surface area contributed by atoms with Gasteiger partial charge in [0.2, 0.25) is 0 Å². The second-order valence-electron chi connectivity index (χ2n) is 7.18. The molecule has 1 amide bonds. The lowest BCUT2D eigenvalue weighted by atomic mass is 9.99. The summed E-state index contributed by atoms with van der Waals surface area (Å²) in [4.78, 5) is 15.4. The quantitative estimate of drug-likeness (QED) is 0.693. The lowest BCUT2D eigenvalue weighted by molar-refractivity contribution is 0.107. The number of nitrogens with zero attached hydrogens (tertiary/aromatic N) is 2. The van der Waals surface area contributed by atoms with Gasteiger partial charge < -0.3 is 9.64 Å². The molecule has 0 radical (unpaired) electrons. The Kier molecular flexibility index (Phi) is 5.18. The number of hydrogen-bond acceptors (Lipinski definition) is 6. The van der Waals surface area contributed by atoms with Crippen LogP contribution in [-0.4, -0.2) is 46.6 Å². The number of amides is 1. The molecule has 2 aliphatic rings. The van der Waals surface area contributed by atoms with Gasteiger partial charge in [-0.15, -0.1) is 0 Å². The van der Waals surface area contributed by atoms with Gasteiger partial charge >= 0.3 is 6.09 Å². The third-order valence-electron chi connectivity index (χ3n) is 5.06. The van der Waals surface area contributed by atoms with E-state index in [-0.39, 0.29) is 13.2 Å². The van der Waals surface area contributed by atoms with Gasteiger partial charge in [-0.1, -0.05) is 24.3 Å². The highest BCUT2D eigenvalue weighted by atomic mass is 32.2. The van der Waals surface area contributed by atoms with Gasteiger partial charge in [-0.25, -0.2) is 9.18 Å². The summed E-state index contributed by atoms with van der Waals surface area (Å²) in [5, 5.41) is 0. The maximum absolute atomic E-state index is 14.9. The van der Waals surface area contributed by atoms with E-state index < -0.39 is 28.1 Å². The molecular weight excluding hydrogens is 399 g/mol. The number of fused-ring (bicyclic) bond motifs is 1. The molecule has 0 unspecified atom stereocenters. The van der Waals surface area contributed by atoms with Crippen molar-refractivity contribution in [1.82, 2.24) is 0 Å². The number of halogens is 1. The van der Waals surface area contributed by atoms with Crippen LogP contribution in [0.3, 0.4) is 0 Å². The first kappa shape index (κ1) is 19.7. The molecule has 0 bridgehead atoms. The summed E-state index contributed by atoms with van der Waals surface area (Å²) in [5.41, 5.74) is 3.30. The molecule has 0 aliphatic carbocycles. The molecule has 1 fully saturated rings. The van der Waals surface area contributed by atoms with Gasteiger partial charge in [-0.2, -0.15) is 8.42 Å². The minimum atomic E-state index is -3.63. The number of cyclic esters (lactones) is 1. The largest absolute Gasteiger partial charge is 0.441 e. The molecule has 2 heterocycles. The zero-order valence-corrected chi connectivity index (χ0v) is 16.7. The maximum atomic E-state index is 14.9. The fourth-order valence-electron chi connectivity index (χ4n) is 3.64. The minimum absolute atomic E-state index is 0.0875. The maximum Gasteiger partial charge on any atom is 0.414 e. The molecule has 4 rings (SSSR count). The van der Waals surface area contributed by atoms with E-state index in [1.165, 1.54) is 22.1 Å². The molecular formula is C20H21FN2O5S. The van der Waals surface area contributed by atoms with Gasteiger partial charge in [0.05, 0.1) is 24.2 Å². The van der Waals surface area contributed by atoms with Crippen LogP contribution in [0.15, 0.2) is 42.5 Å². The van der Waals surface area contributed by atoms with Gasteiger partial charge in [0.15, 0.2) is 0 Å². The van der Waals surface area contributed by atoms with E-state index >= 15 is 0 Å². The van der Waals surface area contributed by atoms with Gasteiger partial charge in [0.1, 0.15) is 18.5 Å². The monoisotopic (exact) mass is 420 g/mol. The van der Waals surface area contributed by atoms with E-state index in [1.807, 2.05) is 23.1 Å². The van der Waals surface area contributed by atoms with Gasteiger partial charge in [0, 0.05) is 13.1 Å². The van der Waals surface area contributed by atoms with Crippen LogP contribution < -0.4 is 9.80 Å². The SMILES string of the molecule is CS(=O)(=O)OC[C@H]1CN(c2ccc(N3CCc4ccccc4C3)c(F)c2)C(=O)O1. The highest BCUT2D eigenvalue weighted by Crippen LogP contribution is 2.31. The van der Waals surface area contributed by atoms with Crippen LogP contribution in [0.2, 0.25) is 0 Å². The molecule has 0 saturated carbocycles. The predicted octanol–water partition coefficient (Wildman–Crippen LogP) is 2.69. The standard InChI is InChI=1S/C20H21FN2O5S/c1-29(25,26)27-13-17-12-23(20(24)28-17)16-6-7-19(18(21)10-16)22-9-8-14-4-2-3-5-15(14)11-22/h2-7,10,17H,8-9,11-13H2,1H3/t17-/m1/s1. The first-order chi connectivity index (χ1) is 13.8. The second-order valence-corrected chi connectivity index (χ2v) is 8.82. The average molecular weight is 420 g/mol. The molecule has 1 saturated heterocycles. The van der Waals surface area contributed by atoms with Crippen LogP contribution >= 0.6 is 0 Å². The number of carbonyl (C=O) groups is 1. The fourth-order valence-corrected chi connectivity index (χ4v) is 4.04. The smallest absolute Gasteiger partial charge is 0.414 e. The summed E-state index contributed by atoms with van der Waals surface area (Å²) >= 11 is 0. The first-order valence-corrected chi connectivity index (χ1v) is 11.1. The van der Waals surface area contributed by atoms with Crippen LogP contribution in [-0.2, 0) is 32.0 Å². The molecule has 0 spiro atoms. The number of anilines is 2. The molecule has 154 valence electrons. The van der Waals surface area contributed by atoms with Crippen molar-refractivity contribution < 1.29 is 26.5 Å². The Morgan fingerprint density at radius 3 is 2.69 bits per heavy atom. The summed E-state index contributed by atoms with van der Waals surface area (Å²) in [6.45, 7) is 1.16. The Morgan fingerprint density at radius 2 is 1.97 bits per heavy atom. The van der Waals surface area contributed by atoms with Crippen molar-refractivity contribution in [3.05, 3.63) is 59.4 Å². The zero-order valence-electron chi connectivity index (χ0n) is 15.9. The van der Waals surface area contributed by atoms with Gasteiger partial charge in [-0.05, 0) is 35.7 Å². The number of hydrogen-bond donors (Lipinski definition) is 0. The Morgan fingerprint density at radius 1 is 1.21 bits per heavy atom. The molecule has 29 heavy (non-hydrogen) atoms. The normalized spacial score (nSPS) is 19.2. The Hall–Kier alpha value is -2.65. The fraction of sp³-hybridized carbons (Fsp3) is 0.350. The molecule has 9 heteroatoms. The van der Waals surface area contributed by atoms with Gasteiger partial charge in [-0.3, -0.25) is 9.08 Å². The van der Waals surface area contributed by atoms with Crippen molar-refractivity contribution in [3.8, 4) is 0 Å². The van der Waals surface area contributed by atoms with E-state index in [4.69, 9.17) is 4.74 Å². The van der Waals surface area contributed by atoms with E-state index in [1.54, 1.807) is 12.1 Å². The average Bonchev–Trinajstić information content (AvgIpc) is 3.06. The summed E-state index contributed by atoms with van der Waals surface area (Å²) in [5.74, 6) is -0.425. The number of ether oxygens (including phenoxy) is 1. The minimum Gasteiger partial charge on any atom is -0.441 e. The molecule has 1 atom stereocenters. The Bertz CT molecular complexity index is 1040. The van der Waals surface area contributed by atoms with Crippen molar-refractivity contribution in [3.63, 3.8) is 0 Å². The second kappa shape index (κ2) is 7.64. The molecule has 0 aromatic heterocycles. The van der Waals surface area contributed by atoms with Crippen LogP contribution in [0.4, 0.5) is 20.6 Å². The zero-order chi connectivity index (χ0) is 20.6. The topological polar surface area (TPSA) is 76.2 Å². The lowest BCUT2D eigenvalue weighted by Gasteiger charge is -2.31. The van der Waals surface area contributed by atoms with Crippen LogP contribution in [0, 0.1) is 5.82 Å². The Labute approximate surface area is 168 Å². The lowest BCUT2D eigenvalue weighted by Crippen LogP contribution is -2.31. The molecule has 2 aromatic rings. The number of carbonyl (C=O) groups excluding carboxylic acids is 1. The number of rotatable bonds is 5. The van der Waals surface area contributed by atoms with Crippen molar-refractivity contribution in [2.45, 2.75) is 19.1 Å². The summed E-state index contributed by atoms with van der Waals surface area (Å²) in [6, 6.07) is 12.8. The van der Waals surface area contributed by atoms with E-state index in [2.05, 4.69) is 10.2 Å². The van der Waals surface area contributed by atoms with Crippen molar-refractivity contribution in [1.29, 1.82) is 0 Å². The first-order valence-electron chi connectivity index (χ1n) is 9.24. The summed E-state index contributed by atoms with van der Waals surface area (Å²) in [6.07, 6.45) is 0.372. The highest BCUT2D eigenvalue weighted by Gasteiger charge is 2.34. The molecule has 2 aromatic carbocycles.